The molecule has 1 amide bonds. The second kappa shape index (κ2) is 6.39. The molecule has 0 aromatic heterocycles. The Morgan fingerprint density at radius 1 is 1.47 bits per heavy atom. The van der Waals surface area contributed by atoms with Gasteiger partial charge in [0, 0.05) is 11.0 Å². The maximum absolute atomic E-state index is 11.8. The Morgan fingerprint density at radius 3 is 2.63 bits per heavy atom. The minimum absolute atomic E-state index is 0.257. The molecule has 106 valence electrons. The van der Waals surface area contributed by atoms with Gasteiger partial charge in [0.2, 0.25) is 0 Å². The van der Waals surface area contributed by atoms with E-state index in [-0.39, 0.29) is 6.04 Å². The summed E-state index contributed by atoms with van der Waals surface area (Å²) in [4.78, 5) is 11.8. The van der Waals surface area contributed by atoms with Gasteiger partial charge < -0.3 is 15.8 Å². The molecule has 1 aromatic carbocycles. The molecule has 0 aliphatic heterocycles. The molecule has 1 rings (SSSR count). The van der Waals surface area contributed by atoms with Gasteiger partial charge >= 0.3 is 6.09 Å². The lowest BCUT2D eigenvalue weighted by atomic mass is 10.0. The molecule has 0 aliphatic carbocycles. The van der Waals surface area contributed by atoms with E-state index in [0.29, 0.717) is 6.54 Å². The van der Waals surface area contributed by atoms with Crippen LogP contribution in [0, 0.1) is 6.92 Å². The van der Waals surface area contributed by atoms with Crippen LogP contribution in [0.15, 0.2) is 22.7 Å². The number of alkyl carbamates (subject to hydrolysis) is 1. The Morgan fingerprint density at radius 2 is 2.11 bits per heavy atom. The van der Waals surface area contributed by atoms with Crippen LogP contribution in [-0.2, 0) is 4.74 Å². The molecule has 1 unspecified atom stereocenters. The topological polar surface area (TPSA) is 64.3 Å². The quantitative estimate of drug-likeness (QED) is 0.894. The number of benzene rings is 1. The highest BCUT2D eigenvalue weighted by atomic mass is 79.9. The lowest BCUT2D eigenvalue weighted by Crippen LogP contribution is -2.38. The molecule has 4 nitrogen and oxygen atoms in total. The van der Waals surface area contributed by atoms with E-state index in [0.717, 1.165) is 15.6 Å². The summed E-state index contributed by atoms with van der Waals surface area (Å²) in [7, 11) is 0. The number of hydrogen-bond acceptors (Lipinski definition) is 3. The third kappa shape index (κ3) is 4.84. The van der Waals surface area contributed by atoms with E-state index in [1.807, 2.05) is 45.9 Å². The highest BCUT2D eigenvalue weighted by Crippen LogP contribution is 2.24. The Kier molecular flexibility index (Phi) is 5.38. The van der Waals surface area contributed by atoms with Crippen LogP contribution in [0.5, 0.6) is 0 Å². The molecule has 0 spiro atoms. The smallest absolute Gasteiger partial charge is 0.408 e. The first kappa shape index (κ1) is 16.0. The van der Waals surface area contributed by atoms with Crippen LogP contribution in [0.4, 0.5) is 4.79 Å². The summed E-state index contributed by atoms with van der Waals surface area (Å²) in [5, 5.41) is 2.80. The maximum atomic E-state index is 11.8. The van der Waals surface area contributed by atoms with Gasteiger partial charge in [0.05, 0.1) is 6.04 Å². The van der Waals surface area contributed by atoms with E-state index in [1.54, 1.807) is 0 Å². The minimum Gasteiger partial charge on any atom is -0.444 e. The van der Waals surface area contributed by atoms with E-state index >= 15 is 0 Å². The number of nitrogens with two attached hydrogens (primary N) is 1. The van der Waals surface area contributed by atoms with Crippen molar-refractivity contribution in [3.63, 3.8) is 0 Å². The third-order valence-electron chi connectivity index (χ3n) is 2.61. The number of carbonyl (C=O) groups excluding carboxylic acids is 1. The van der Waals surface area contributed by atoms with Crippen molar-refractivity contribution in [2.24, 2.45) is 5.73 Å². The summed E-state index contributed by atoms with van der Waals surface area (Å²) in [5.41, 5.74) is 7.28. The van der Waals surface area contributed by atoms with Gasteiger partial charge in [0.25, 0.3) is 0 Å². The first-order valence-electron chi connectivity index (χ1n) is 6.19. The summed E-state index contributed by atoms with van der Waals surface area (Å²) >= 11 is 3.47. The number of hydrogen-bond donors (Lipinski definition) is 2. The van der Waals surface area contributed by atoms with Gasteiger partial charge in [-0.25, -0.2) is 4.79 Å². The van der Waals surface area contributed by atoms with Crippen LogP contribution < -0.4 is 11.1 Å². The number of rotatable bonds is 3. The molecular formula is C14H21BrN2O2. The molecule has 0 saturated heterocycles. The predicted molar refractivity (Wildman–Crippen MR) is 80.0 cm³/mol. The van der Waals surface area contributed by atoms with Crippen LogP contribution in [-0.4, -0.2) is 18.2 Å². The maximum Gasteiger partial charge on any atom is 0.408 e. The molecule has 0 radical (unpaired) electrons. The predicted octanol–water partition coefficient (Wildman–Crippen LogP) is 3.28. The lowest BCUT2D eigenvalue weighted by Gasteiger charge is -2.24. The van der Waals surface area contributed by atoms with E-state index in [1.165, 1.54) is 0 Å². The Bertz CT molecular complexity index is 455. The number of nitrogens with one attached hydrogen (secondary N) is 1. The van der Waals surface area contributed by atoms with Gasteiger partial charge in [-0.2, -0.15) is 0 Å². The standard InChI is InChI=1S/C14H21BrN2O2/c1-9-10(6-5-7-11(9)15)12(8-16)17-13(18)19-14(2,3)4/h5-7,12H,8,16H2,1-4H3,(H,17,18). The molecule has 3 N–H and O–H groups in total. The second-order valence-electron chi connectivity index (χ2n) is 5.39. The van der Waals surface area contributed by atoms with Gasteiger partial charge in [-0.3, -0.25) is 0 Å². The van der Waals surface area contributed by atoms with Crippen molar-refractivity contribution >= 4 is 22.0 Å². The fourth-order valence-corrected chi connectivity index (χ4v) is 2.10. The molecule has 0 fully saturated rings. The zero-order valence-corrected chi connectivity index (χ0v) is 13.4. The van der Waals surface area contributed by atoms with Gasteiger partial charge in [-0.15, -0.1) is 0 Å². The zero-order chi connectivity index (χ0) is 14.6. The fourth-order valence-electron chi connectivity index (χ4n) is 1.72. The van der Waals surface area contributed by atoms with Gasteiger partial charge in [-0.1, -0.05) is 28.1 Å². The highest BCUT2D eigenvalue weighted by molar-refractivity contribution is 9.10. The fraction of sp³-hybridized carbons (Fsp3) is 0.500. The molecule has 0 bridgehead atoms. The summed E-state index contributed by atoms with van der Waals surface area (Å²) in [6.45, 7) is 7.78. The average molecular weight is 329 g/mol. The molecular weight excluding hydrogens is 308 g/mol. The molecule has 5 heteroatoms. The van der Waals surface area contributed by atoms with Crippen molar-refractivity contribution in [1.29, 1.82) is 0 Å². The number of carbonyl (C=O) groups is 1. The normalized spacial score (nSPS) is 12.9. The Hall–Kier alpha value is -1.07. The average Bonchev–Trinajstić information content (AvgIpc) is 2.27. The molecule has 0 saturated carbocycles. The molecule has 0 heterocycles. The van der Waals surface area contributed by atoms with E-state index in [4.69, 9.17) is 10.5 Å². The highest BCUT2D eigenvalue weighted by Gasteiger charge is 2.21. The van der Waals surface area contributed by atoms with Gasteiger partial charge in [-0.05, 0) is 44.9 Å². The monoisotopic (exact) mass is 328 g/mol. The van der Waals surface area contributed by atoms with Crippen LogP contribution in [0.1, 0.15) is 37.9 Å². The van der Waals surface area contributed by atoms with Crippen molar-refractivity contribution in [2.75, 3.05) is 6.54 Å². The van der Waals surface area contributed by atoms with Crippen molar-refractivity contribution < 1.29 is 9.53 Å². The van der Waals surface area contributed by atoms with Crippen molar-refractivity contribution in [3.8, 4) is 0 Å². The Labute approximate surface area is 122 Å². The summed E-state index contributed by atoms with van der Waals surface area (Å²) < 4.78 is 6.24. The second-order valence-corrected chi connectivity index (χ2v) is 6.24. The SMILES string of the molecule is Cc1c(Br)cccc1C(CN)NC(=O)OC(C)(C)C. The van der Waals surface area contributed by atoms with Crippen LogP contribution >= 0.6 is 15.9 Å². The molecule has 1 atom stereocenters. The van der Waals surface area contributed by atoms with Gasteiger partial charge in [0.15, 0.2) is 0 Å². The molecule has 1 aromatic rings. The van der Waals surface area contributed by atoms with Crippen LogP contribution in [0.2, 0.25) is 0 Å². The van der Waals surface area contributed by atoms with Crippen molar-refractivity contribution in [3.05, 3.63) is 33.8 Å². The van der Waals surface area contributed by atoms with Crippen LogP contribution in [0.3, 0.4) is 0 Å². The van der Waals surface area contributed by atoms with Crippen molar-refractivity contribution in [2.45, 2.75) is 39.3 Å². The summed E-state index contributed by atoms with van der Waals surface area (Å²) in [6, 6.07) is 5.58. The number of amides is 1. The van der Waals surface area contributed by atoms with E-state index in [2.05, 4.69) is 21.2 Å². The number of ether oxygens (including phenoxy) is 1. The largest absolute Gasteiger partial charge is 0.444 e. The Balaban J connectivity index is 2.84. The first-order valence-corrected chi connectivity index (χ1v) is 6.98. The first-order chi connectivity index (χ1) is 8.74. The van der Waals surface area contributed by atoms with Crippen LogP contribution in [0.25, 0.3) is 0 Å². The van der Waals surface area contributed by atoms with E-state index in [9.17, 15) is 4.79 Å². The van der Waals surface area contributed by atoms with Gasteiger partial charge in [0.1, 0.15) is 5.60 Å². The molecule has 0 aliphatic rings. The zero-order valence-electron chi connectivity index (χ0n) is 11.8. The summed E-state index contributed by atoms with van der Waals surface area (Å²) in [5.74, 6) is 0. The minimum atomic E-state index is -0.518. The van der Waals surface area contributed by atoms with E-state index < -0.39 is 11.7 Å². The lowest BCUT2D eigenvalue weighted by molar-refractivity contribution is 0.0505. The third-order valence-corrected chi connectivity index (χ3v) is 3.47. The molecule has 19 heavy (non-hydrogen) atoms. The van der Waals surface area contributed by atoms with Crippen molar-refractivity contribution in [1.82, 2.24) is 5.32 Å². The summed E-state index contributed by atoms with van der Waals surface area (Å²) in [6.07, 6.45) is -0.456. The number of halogens is 1.